The minimum atomic E-state index is -1.19. The van der Waals surface area contributed by atoms with Crippen molar-refractivity contribution < 1.29 is 29.6 Å². The van der Waals surface area contributed by atoms with E-state index in [1.807, 2.05) is 0 Å². The molecule has 6 nitrogen and oxygen atoms in total. The summed E-state index contributed by atoms with van der Waals surface area (Å²) in [5.74, 6) is 0.219. The van der Waals surface area contributed by atoms with Gasteiger partial charge in [-0.15, -0.1) is 0 Å². The van der Waals surface area contributed by atoms with Crippen molar-refractivity contribution in [1.82, 2.24) is 0 Å². The van der Waals surface area contributed by atoms with Crippen molar-refractivity contribution in [2.45, 2.75) is 110 Å². The molecule has 6 heteroatoms. The maximum atomic E-state index is 13.3. The number of esters is 1. The van der Waals surface area contributed by atoms with E-state index in [-0.39, 0.29) is 29.0 Å². The third kappa shape index (κ3) is 4.34. The fraction of sp³-hybridized carbons (Fsp3) is 0.793. The average molecular weight is 489 g/mol. The van der Waals surface area contributed by atoms with Crippen LogP contribution in [-0.2, 0) is 14.3 Å². The van der Waals surface area contributed by atoms with Gasteiger partial charge in [-0.05, 0) is 93.1 Å². The normalized spacial score (nSPS) is 41.2. The van der Waals surface area contributed by atoms with Crippen LogP contribution < -0.4 is 0 Å². The van der Waals surface area contributed by atoms with Crippen molar-refractivity contribution in [1.29, 1.82) is 0 Å². The maximum absolute atomic E-state index is 13.3. The van der Waals surface area contributed by atoms with Gasteiger partial charge in [-0.2, -0.15) is 0 Å². The van der Waals surface area contributed by atoms with Gasteiger partial charge in [-0.1, -0.05) is 33.3 Å². The van der Waals surface area contributed by atoms with Crippen molar-refractivity contribution in [3.63, 3.8) is 0 Å². The minimum Gasteiger partial charge on any atom is -0.459 e. The lowest BCUT2D eigenvalue weighted by Gasteiger charge is -2.56. The number of carbonyl (C=O) groups is 2. The predicted molar refractivity (Wildman–Crippen MR) is 133 cm³/mol. The summed E-state index contributed by atoms with van der Waals surface area (Å²) in [5, 5.41) is 33.2. The molecule has 0 saturated heterocycles. The molecule has 4 aliphatic carbocycles. The first-order valence-corrected chi connectivity index (χ1v) is 13.5. The van der Waals surface area contributed by atoms with E-state index in [1.54, 1.807) is 19.1 Å². The highest BCUT2D eigenvalue weighted by atomic mass is 16.6. The topological polar surface area (TPSA) is 104 Å². The monoisotopic (exact) mass is 488 g/mol. The van der Waals surface area contributed by atoms with E-state index in [1.165, 1.54) is 6.92 Å². The molecule has 0 amide bonds. The van der Waals surface area contributed by atoms with Gasteiger partial charge in [0.2, 0.25) is 0 Å². The first-order chi connectivity index (χ1) is 16.2. The van der Waals surface area contributed by atoms with E-state index >= 15 is 0 Å². The molecule has 2 fully saturated rings. The van der Waals surface area contributed by atoms with E-state index in [0.717, 1.165) is 37.7 Å². The van der Waals surface area contributed by atoms with Crippen molar-refractivity contribution in [3.05, 3.63) is 23.3 Å². The molecule has 4 aliphatic rings. The number of ether oxygens (including phenoxy) is 1. The van der Waals surface area contributed by atoms with Gasteiger partial charge < -0.3 is 20.1 Å². The predicted octanol–water partition coefficient (Wildman–Crippen LogP) is 4.12. The number of allylic oxidation sites excluding steroid dienone is 3. The van der Waals surface area contributed by atoms with Crippen LogP contribution >= 0.6 is 0 Å². The smallest absolute Gasteiger partial charge is 0.303 e. The van der Waals surface area contributed by atoms with Gasteiger partial charge in [0, 0.05) is 17.9 Å². The zero-order valence-corrected chi connectivity index (χ0v) is 22.2. The Bertz CT molecular complexity index is 931. The minimum absolute atomic E-state index is 0.0502. The van der Waals surface area contributed by atoms with Crippen molar-refractivity contribution in [3.8, 4) is 0 Å². The largest absolute Gasteiger partial charge is 0.459 e. The Hall–Kier alpha value is -1.50. The highest BCUT2D eigenvalue weighted by Gasteiger charge is 2.62. The number of carbonyl (C=O) groups excluding carboxylic acids is 2. The molecule has 4 rings (SSSR count). The summed E-state index contributed by atoms with van der Waals surface area (Å²) in [6, 6.07) is 0. The fourth-order valence-electron chi connectivity index (χ4n) is 8.22. The summed E-state index contributed by atoms with van der Waals surface area (Å²) >= 11 is 0. The first kappa shape index (κ1) is 26.6. The number of ketones is 1. The van der Waals surface area contributed by atoms with E-state index < -0.39 is 35.3 Å². The molecule has 3 N–H and O–H groups in total. The Morgan fingerprint density at radius 2 is 1.89 bits per heavy atom. The highest BCUT2D eigenvalue weighted by molar-refractivity contribution is 6.07. The zero-order valence-electron chi connectivity index (χ0n) is 22.2. The van der Waals surface area contributed by atoms with E-state index in [2.05, 4.69) is 27.7 Å². The number of aliphatic hydroxyl groups is 3. The van der Waals surface area contributed by atoms with Gasteiger partial charge in [0.15, 0.2) is 5.78 Å². The van der Waals surface area contributed by atoms with Crippen LogP contribution in [0.3, 0.4) is 0 Å². The van der Waals surface area contributed by atoms with Crippen molar-refractivity contribution in [2.75, 3.05) is 0 Å². The van der Waals surface area contributed by atoms with Crippen LogP contribution in [0, 0.1) is 34.5 Å². The van der Waals surface area contributed by atoms with Gasteiger partial charge >= 0.3 is 5.97 Å². The molecule has 9 atom stereocenters. The number of hydrogen-bond acceptors (Lipinski definition) is 6. The number of rotatable bonds is 6. The van der Waals surface area contributed by atoms with Gasteiger partial charge in [0.25, 0.3) is 0 Å². The first-order valence-electron chi connectivity index (χ1n) is 13.5. The van der Waals surface area contributed by atoms with Crippen LogP contribution in [0.15, 0.2) is 23.3 Å². The summed E-state index contributed by atoms with van der Waals surface area (Å²) in [6.45, 7) is 11.7. The number of hydrogen-bond donors (Lipinski definition) is 3. The summed E-state index contributed by atoms with van der Waals surface area (Å²) in [4.78, 5) is 25.0. The second-order valence-electron chi connectivity index (χ2n) is 12.8. The quantitative estimate of drug-likeness (QED) is 0.486. The maximum Gasteiger partial charge on any atom is 0.303 e. The van der Waals surface area contributed by atoms with Crippen LogP contribution in [0.25, 0.3) is 0 Å². The molecule has 3 unspecified atom stereocenters. The molecule has 0 bridgehead atoms. The fourth-order valence-corrected chi connectivity index (χ4v) is 8.22. The lowest BCUT2D eigenvalue weighted by atomic mass is 9.49. The Morgan fingerprint density at radius 1 is 1.20 bits per heavy atom. The van der Waals surface area contributed by atoms with Gasteiger partial charge in [0.1, 0.15) is 12.2 Å². The average Bonchev–Trinajstić information content (AvgIpc) is 3.11. The molecule has 0 aromatic heterocycles. The lowest BCUT2D eigenvalue weighted by molar-refractivity contribution is -0.154. The summed E-state index contributed by atoms with van der Waals surface area (Å²) in [6.07, 6.45) is 6.32. The number of fused-ring (bicyclic) bond motifs is 5. The standard InChI is InChI=1S/C29H44O6/c1-16(2)7-10-26(33)29(6,34)25-9-8-19-18-13-22(31)21-14-23(32)24(35-17(3)30)15-28(21,5)20(18)11-12-27(19,25)4/h13-14,16,19-20,23-26,32-34H,7-12,15H2,1-6H3/t19?,20?,23-,24-,25?,26-,27-,28+,29+/m0/s1. The van der Waals surface area contributed by atoms with Gasteiger partial charge in [-0.3, -0.25) is 9.59 Å². The SMILES string of the molecule is CC(=O)O[C@H]1C[C@@]2(C)C(=C[C@@H]1O)C(=O)C=C1C3CCC([C@@](C)(O)[C@@H](O)CCC(C)C)[C@@]3(C)CCC12. The third-order valence-corrected chi connectivity index (χ3v) is 10.1. The van der Waals surface area contributed by atoms with Crippen LogP contribution in [0.5, 0.6) is 0 Å². The summed E-state index contributed by atoms with van der Waals surface area (Å²) in [5.41, 5.74) is -0.104. The highest BCUT2D eigenvalue weighted by Crippen LogP contribution is 2.66. The van der Waals surface area contributed by atoms with Gasteiger partial charge in [0.05, 0.1) is 11.7 Å². The third-order valence-electron chi connectivity index (χ3n) is 10.1. The second-order valence-corrected chi connectivity index (χ2v) is 12.8. The van der Waals surface area contributed by atoms with E-state index in [9.17, 15) is 24.9 Å². The summed E-state index contributed by atoms with van der Waals surface area (Å²) in [7, 11) is 0. The molecule has 0 aromatic rings. The molecule has 196 valence electrons. The van der Waals surface area contributed by atoms with Crippen molar-refractivity contribution >= 4 is 11.8 Å². The molecule has 0 radical (unpaired) electrons. The van der Waals surface area contributed by atoms with Crippen LogP contribution in [-0.4, -0.2) is 51.0 Å². The molecule has 0 spiro atoms. The molecule has 0 aliphatic heterocycles. The zero-order chi connectivity index (χ0) is 25.9. The van der Waals surface area contributed by atoms with Gasteiger partial charge in [-0.25, -0.2) is 0 Å². The Balaban J connectivity index is 1.64. The summed E-state index contributed by atoms with van der Waals surface area (Å²) < 4.78 is 5.44. The molecule has 0 heterocycles. The van der Waals surface area contributed by atoms with Crippen LogP contribution in [0.4, 0.5) is 0 Å². The molecular formula is C29H44O6. The Labute approximate surface area is 209 Å². The number of aliphatic hydroxyl groups excluding tert-OH is 2. The molecule has 2 saturated carbocycles. The Morgan fingerprint density at radius 3 is 2.51 bits per heavy atom. The lowest BCUT2D eigenvalue weighted by Crippen LogP contribution is -2.55. The van der Waals surface area contributed by atoms with Crippen molar-refractivity contribution in [2.24, 2.45) is 34.5 Å². The Kier molecular flexibility index (Phi) is 6.91. The van der Waals surface area contributed by atoms with Crippen LogP contribution in [0.1, 0.15) is 86.5 Å². The van der Waals surface area contributed by atoms with E-state index in [4.69, 9.17) is 4.74 Å². The molecular weight excluding hydrogens is 444 g/mol. The van der Waals surface area contributed by atoms with E-state index in [0.29, 0.717) is 24.3 Å². The molecule has 0 aromatic carbocycles. The second kappa shape index (κ2) is 9.11. The van der Waals surface area contributed by atoms with Crippen LogP contribution in [0.2, 0.25) is 0 Å². The molecule has 35 heavy (non-hydrogen) atoms.